The van der Waals surface area contributed by atoms with Gasteiger partial charge in [0.2, 0.25) is 11.8 Å². The van der Waals surface area contributed by atoms with Gasteiger partial charge in [-0.15, -0.1) is 0 Å². The Morgan fingerprint density at radius 1 is 1.21 bits per heavy atom. The van der Waals surface area contributed by atoms with Crippen molar-refractivity contribution in [2.75, 3.05) is 32.6 Å². The van der Waals surface area contributed by atoms with E-state index in [9.17, 15) is 5.11 Å². The first-order valence-corrected chi connectivity index (χ1v) is 10.9. The Kier molecular flexibility index (Phi) is 7.61. The number of hydrogen-bond acceptors (Lipinski definition) is 7. The van der Waals surface area contributed by atoms with Crippen LogP contribution in [0.1, 0.15) is 63.9 Å². The van der Waals surface area contributed by atoms with Crippen LogP contribution in [-0.4, -0.2) is 64.4 Å². The van der Waals surface area contributed by atoms with Gasteiger partial charge in [-0.3, -0.25) is 0 Å². The largest absolute Gasteiger partial charge is 0.476 e. The number of nitrogens with one attached hydrogen (secondary N) is 1. The average molecular weight is 402 g/mol. The fraction of sp³-hybridized carbons (Fsp3) is 0.682. The van der Waals surface area contributed by atoms with E-state index in [4.69, 9.17) is 9.72 Å². The lowest BCUT2D eigenvalue weighted by atomic mass is 9.83. The molecule has 7 heteroatoms. The highest BCUT2D eigenvalue weighted by atomic mass is 16.5. The number of rotatable bonds is 9. The zero-order valence-electron chi connectivity index (χ0n) is 18.2. The summed E-state index contributed by atoms with van der Waals surface area (Å²) in [5.41, 5.74) is 2.06. The lowest BCUT2D eigenvalue weighted by Gasteiger charge is -2.26. The Balaban J connectivity index is 1.92. The number of pyridine rings is 1. The van der Waals surface area contributed by atoms with Crippen LogP contribution in [0, 0.1) is 0 Å². The van der Waals surface area contributed by atoms with Gasteiger partial charge in [0.05, 0.1) is 17.0 Å². The molecule has 2 aromatic rings. The molecule has 1 fully saturated rings. The Bertz CT molecular complexity index is 790. The van der Waals surface area contributed by atoms with Gasteiger partial charge in [-0.1, -0.05) is 13.3 Å². The second-order valence-corrected chi connectivity index (χ2v) is 8.47. The van der Waals surface area contributed by atoms with Crippen LogP contribution in [-0.2, 0) is 0 Å². The summed E-state index contributed by atoms with van der Waals surface area (Å²) in [7, 11) is 4.04. The highest BCUT2D eigenvalue weighted by Crippen LogP contribution is 2.37. The summed E-state index contributed by atoms with van der Waals surface area (Å²) in [6.45, 7) is 5.72. The van der Waals surface area contributed by atoms with Gasteiger partial charge in [-0.05, 0) is 59.0 Å². The van der Waals surface area contributed by atoms with Gasteiger partial charge in [0.15, 0.2) is 0 Å². The van der Waals surface area contributed by atoms with Crippen LogP contribution in [0.5, 0.6) is 5.88 Å². The number of fused-ring (bicyclic) bond motifs is 1. The monoisotopic (exact) mass is 401 g/mol. The molecule has 7 nitrogen and oxygen atoms in total. The number of nitrogens with zero attached hydrogens (tertiary/aromatic N) is 4. The van der Waals surface area contributed by atoms with Crippen LogP contribution < -0.4 is 10.1 Å². The lowest BCUT2D eigenvalue weighted by Crippen LogP contribution is -2.20. The summed E-state index contributed by atoms with van der Waals surface area (Å²) >= 11 is 0. The van der Waals surface area contributed by atoms with E-state index >= 15 is 0 Å². The van der Waals surface area contributed by atoms with Crippen LogP contribution in [0.25, 0.3) is 10.9 Å². The zero-order valence-corrected chi connectivity index (χ0v) is 18.2. The molecule has 0 saturated heterocycles. The van der Waals surface area contributed by atoms with Crippen LogP contribution in [0.4, 0.5) is 5.95 Å². The molecule has 3 rings (SSSR count). The van der Waals surface area contributed by atoms with E-state index in [-0.39, 0.29) is 6.10 Å². The second kappa shape index (κ2) is 10.2. The Labute approximate surface area is 173 Å². The number of anilines is 1. The summed E-state index contributed by atoms with van der Waals surface area (Å²) in [4.78, 5) is 16.1. The lowest BCUT2D eigenvalue weighted by molar-refractivity contribution is 0.122. The molecule has 160 valence electrons. The van der Waals surface area contributed by atoms with E-state index in [1.165, 1.54) is 0 Å². The molecule has 2 heterocycles. The second-order valence-electron chi connectivity index (χ2n) is 8.47. The standard InChI is InChI=1S/C22H35N5O2/c1-5-6-15(2)25-22-24-14-19-20(26-22)18(16-7-9-17(28)10-8-16)13-23-21(19)29-12-11-27(3)4/h13-17,28H,5-12H2,1-4H3,(H,24,25,26). The minimum absolute atomic E-state index is 0.180. The average Bonchev–Trinajstić information content (AvgIpc) is 2.68. The van der Waals surface area contributed by atoms with Crippen LogP contribution in [0.15, 0.2) is 12.4 Å². The molecule has 0 bridgehead atoms. The molecule has 0 spiro atoms. The highest BCUT2D eigenvalue weighted by Gasteiger charge is 2.24. The maximum atomic E-state index is 9.89. The van der Waals surface area contributed by atoms with Crippen molar-refractivity contribution in [3.8, 4) is 5.88 Å². The Morgan fingerprint density at radius 3 is 2.66 bits per heavy atom. The number of aliphatic hydroxyl groups is 1. The molecule has 0 amide bonds. The molecule has 2 N–H and O–H groups in total. The molecule has 1 saturated carbocycles. The van der Waals surface area contributed by atoms with E-state index < -0.39 is 0 Å². The molecule has 2 aromatic heterocycles. The van der Waals surface area contributed by atoms with E-state index in [0.29, 0.717) is 30.4 Å². The molecule has 1 aliphatic carbocycles. The fourth-order valence-corrected chi connectivity index (χ4v) is 3.94. The third kappa shape index (κ3) is 5.76. The maximum Gasteiger partial charge on any atom is 0.224 e. The fourth-order valence-electron chi connectivity index (χ4n) is 3.94. The maximum absolute atomic E-state index is 9.89. The minimum Gasteiger partial charge on any atom is -0.476 e. The number of aliphatic hydroxyl groups excluding tert-OH is 1. The Morgan fingerprint density at radius 2 is 1.97 bits per heavy atom. The van der Waals surface area contributed by atoms with E-state index in [2.05, 4.69) is 34.0 Å². The van der Waals surface area contributed by atoms with Gasteiger partial charge in [-0.2, -0.15) is 0 Å². The number of aromatic nitrogens is 3. The van der Waals surface area contributed by atoms with Crippen LogP contribution in [0.2, 0.25) is 0 Å². The predicted molar refractivity (Wildman–Crippen MR) is 117 cm³/mol. The number of ether oxygens (including phenoxy) is 1. The first-order valence-electron chi connectivity index (χ1n) is 10.9. The summed E-state index contributed by atoms with van der Waals surface area (Å²) in [6, 6.07) is 0.323. The first kappa shape index (κ1) is 21.7. The van der Waals surface area contributed by atoms with Crippen molar-refractivity contribution in [2.24, 2.45) is 0 Å². The number of hydrogen-bond donors (Lipinski definition) is 2. The van der Waals surface area contributed by atoms with E-state index in [1.807, 2.05) is 26.5 Å². The summed E-state index contributed by atoms with van der Waals surface area (Å²) in [5.74, 6) is 1.61. The van der Waals surface area contributed by atoms with Gasteiger partial charge in [0.25, 0.3) is 0 Å². The highest BCUT2D eigenvalue weighted by molar-refractivity contribution is 5.86. The molecule has 29 heavy (non-hydrogen) atoms. The molecular weight excluding hydrogens is 366 g/mol. The normalized spacial score (nSPS) is 20.8. The molecular formula is C22H35N5O2. The third-order valence-electron chi connectivity index (χ3n) is 5.62. The molecule has 1 unspecified atom stereocenters. The Hall–Kier alpha value is -1.99. The number of likely N-dealkylation sites (N-methyl/N-ethyl adjacent to an activating group) is 1. The smallest absolute Gasteiger partial charge is 0.224 e. The van der Waals surface area contributed by atoms with Gasteiger partial charge in [0, 0.05) is 30.5 Å². The van der Waals surface area contributed by atoms with Crippen LogP contribution >= 0.6 is 0 Å². The van der Waals surface area contributed by atoms with Crippen molar-refractivity contribution >= 4 is 16.9 Å². The van der Waals surface area contributed by atoms with Crippen molar-refractivity contribution in [1.82, 2.24) is 19.9 Å². The van der Waals surface area contributed by atoms with Gasteiger partial charge in [0.1, 0.15) is 6.61 Å². The third-order valence-corrected chi connectivity index (χ3v) is 5.62. The summed E-state index contributed by atoms with van der Waals surface area (Å²) < 4.78 is 5.96. The van der Waals surface area contributed by atoms with Crippen molar-refractivity contribution in [3.63, 3.8) is 0 Å². The van der Waals surface area contributed by atoms with Crippen molar-refractivity contribution in [2.45, 2.75) is 70.4 Å². The molecule has 1 aliphatic rings. The van der Waals surface area contributed by atoms with E-state index in [1.54, 1.807) is 0 Å². The van der Waals surface area contributed by atoms with E-state index in [0.717, 1.165) is 61.5 Å². The van der Waals surface area contributed by atoms with Crippen molar-refractivity contribution in [3.05, 3.63) is 18.0 Å². The molecule has 1 atom stereocenters. The molecule has 0 aromatic carbocycles. The van der Waals surface area contributed by atoms with Crippen molar-refractivity contribution < 1.29 is 9.84 Å². The summed E-state index contributed by atoms with van der Waals surface area (Å²) in [5, 5.41) is 14.2. The predicted octanol–water partition coefficient (Wildman–Crippen LogP) is 3.58. The van der Waals surface area contributed by atoms with Gasteiger partial charge in [-0.25, -0.2) is 15.0 Å². The van der Waals surface area contributed by atoms with Gasteiger partial charge >= 0.3 is 0 Å². The SMILES string of the molecule is CCCC(C)Nc1ncc2c(OCCN(C)C)ncc(C3CCC(O)CC3)c2n1. The zero-order chi connectivity index (χ0) is 20.8. The van der Waals surface area contributed by atoms with Crippen molar-refractivity contribution in [1.29, 1.82) is 0 Å². The topological polar surface area (TPSA) is 83.4 Å². The minimum atomic E-state index is -0.180. The molecule has 0 radical (unpaired) electrons. The molecule has 0 aliphatic heterocycles. The van der Waals surface area contributed by atoms with Crippen LogP contribution in [0.3, 0.4) is 0 Å². The first-order chi connectivity index (χ1) is 14.0. The van der Waals surface area contributed by atoms with Gasteiger partial charge < -0.3 is 20.1 Å². The quantitative estimate of drug-likeness (QED) is 0.664. The summed E-state index contributed by atoms with van der Waals surface area (Å²) in [6.07, 6.45) is 9.34.